The van der Waals surface area contributed by atoms with E-state index < -0.39 is 13.0 Å². The largest absolute Gasteiger partial charge is 0.328 e. The molecule has 68 valence electrons. The molecule has 1 aromatic heterocycles. The summed E-state index contributed by atoms with van der Waals surface area (Å²) in [5, 5.41) is 0. The SMILES string of the molecule is CCn1ccn(CC(F)F)c1=O. The van der Waals surface area contributed by atoms with E-state index in [2.05, 4.69) is 0 Å². The average Bonchev–Trinajstić information content (AvgIpc) is 2.32. The van der Waals surface area contributed by atoms with E-state index in [0.29, 0.717) is 6.54 Å². The summed E-state index contributed by atoms with van der Waals surface area (Å²) in [4.78, 5) is 11.1. The quantitative estimate of drug-likeness (QED) is 0.673. The first-order valence-electron chi connectivity index (χ1n) is 3.69. The van der Waals surface area contributed by atoms with Crippen LogP contribution in [-0.2, 0) is 13.1 Å². The van der Waals surface area contributed by atoms with Gasteiger partial charge in [0.05, 0.1) is 6.54 Å². The molecule has 0 aliphatic carbocycles. The van der Waals surface area contributed by atoms with Crippen molar-refractivity contribution in [2.24, 2.45) is 0 Å². The summed E-state index contributed by atoms with van der Waals surface area (Å²) >= 11 is 0. The van der Waals surface area contributed by atoms with Crippen LogP contribution in [0.5, 0.6) is 0 Å². The molecule has 0 atom stereocenters. The molecule has 0 bridgehead atoms. The molecule has 0 radical (unpaired) electrons. The molecule has 0 saturated carbocycles. The van der Waals surface area contributed by atoms with Gasteiger partial charge in [-0.1, -0.05) is 0 Å². The van der Waals surface area contributed by atoms with Gasteiger partial charge in [0.2, 0.25) is 0 Å². The highest BCUT2D eigenvalue weighted by molar-refractivity contribution is 4.81. The molecule has 0 unspecified atom stereocenters. The number of hydrogen-bond donors (Lipinski definition) is 0. The third-order valence-electron chi connectivity index (χ3n) is 1.59. The first-order valence-corrected chi connectivity index (χ1v) is 3.69. The Morgan fingerprint density at radius 3 is 2.42 bits per heavy atom. The van der Waals surface area contributed by atoms with Crippen molar-refractivity contribution in [3.63, 3.8) is 0 Å². The molecule has 5 heteroatoms. The average molecular weight is 176 g/mol. The van der Waals surface area contributed by atoms with Crippen LogP contribution in [0.4, 0.5) is 8.78 Å². The molecule has 1 heterocycles. The van der Waals surface area contributed by atoms with Gasteiger partial charge in [-0.2, -0.15) is 0 Å². The maximum absolute atomic E-state index is 11.8. The number of rotatable bonds is 3. The van der Waals surface area contributed by atoms with Crippen LogP contribution in [0.3, 0.4) is 0 Å². The molecule has 0 saturated heterocycles. The van der Waals surface area contributed by atoms with E-state index in [4.69, 9.17) is 0 Å². The minimum Gasteiger partial charge on any atom is -0.300 e. The number of halogens is 2. The van der Waals surface area contributed by atoms with E-state index in [0.717, 1.165) is 4.57 Å². The highest BCUT2D eigenvalue weighted by Crippen LogP contribution is 1.95. The van der Waals surface area contributed by atoms with Gasteiger partial charge >= 0.3 is 5.69 Å². The van der Waals surface area contributed by atoms with E-state index in [9.17, 15) is 13.6 Å². The van der Waals surface area contributed by atoms with Gasteiger partial charge in [0.15, 0.2) is 0 Å². The summed E-state index contributed by atoms with van der Waals surface area (Å²) in [6.07, 6.45) is 0.401. The lowest BCUT2D eigenvalue weighted by molar-refractivity contribution is 0.125. The van der Waals surface area contributed by atoms with Gasteiger partial charge < -0.3 is 0 Å². The van der Waals surface area contributed by atoms with Crippen LogP contribution >= 0.6 is 0 Å². The van der Waals surface area contributed by atoms with Crippen molar-refractivity contribution >= 4 is 0 Å². The van der Waals surface area contributed by atoms with Crippen LogP contribution in [0.15, 0.2) is 17.2 Å². The van der Waals surface area contributed by atoms with Crippen molar-refractivity contribution in [2.45, 2.75) is 26.4 Å². The summed E-state index contributed by atoms with van der Waals surface area (Å²) < 4.78 is 26.1. The molecule has 0 amide bonds. The van der Waals surface area contributed by atoms with Crippen molar-refractivity contribution in [3.05, 3.63) is 22.9 Å². The molecule has 3 nitrogen and oxygen atoms in total. The van der Waals surface area contributed by atoms with E-state index in [-0.39, 0.29) is 5.69 Å². The normalized spacial score (nSPS) is 11.0. The second kappa shape index (κ2) is 3.51. The zero-order valence-corrected chi connectivity index (χ0v) is 6.70. The Morgan fingerprint density at radius 1 is 1.42 bits per heavy atom. The Kier molecular flexibility index (Phi) is 2.62. The number of alkyl halides is 2. The fraction of sp³-hybridized carbons (Fsp3) is 0.571. The predicted octanol–water partition coefficient (Wildman–Crippen LogP) is 0.935. The first-order chi connectivity index (χ1) is 5.65. The fourth-order valence-corrected chi connectivity index (χ4v) is 0.982. The van der Waals surface area contributed by atoms with Crippen LogP contribution in [0, 0.1) is 0 Å². The molecule has 12 heavy (non-hydrogen) atoms. The summed E-state index contributed by atoms with van der Waals surface area (Å²) in [7, 11) is 0. The monoisotopic (exact) mass is 176 g/mol. The number of nitrogens with zero attached hydrogens (tertiary/aromatic N) is 2. The Bertz CT molecular complexity index is 303. The number of imidazole rings is 1. The fourth-order valence-electron chi connectivity index (χ4n) is 0.982. The zero-order valence-electron chi connectivity index (χ0n) is 6.70. The molecule has 0 aromatic carbocycles. The number of hydrogen-bond acceptors (Lipinski definition) is 1. The van der Waals surface area contributed by atoms with Crippen molar-refractivity contribution in [1.29, 1.82) is 0 Å². The third kappa shape index (κ3) is 1.72. The lowest BCUT2D eigenvalue weighted by Crippen LogP contribution is -2.25. The van der Waals surface area contributed by atoms with Crippen molar-refractivity contribution < 1.29 is 8.78 Å². The van der Waals surface area contributed by atoms with E-state index in [1.165, 1.54) is 17.0 Å². The van der Waals surface area contributed by atoms with Gasteiger partial charge in [-0.25, -0.2) is 13.6 Å². The smallest absolute Gasteiger partial charge is 0.300 e. The predicted molar refractivity (Wildman–Crippen MR) is 40.4 cm³/mol. The molecular formula is C7H10F2N2O. The Hall–Kier alpha value is -1.13. The van der Waals surface area contributed by atoms with Crippen LogP contribution in [0.1, 0.15) is 6.92 Å². The van der Waals surface area contributed by atoms with Crippen molar-refractivity contribution in [2.75, 3.05) is 0 Å². The lowest BCUT2D eigenvalue weighted by atomic mass is 10.6. The summed E-state index contributed by atoms with van der Waals surface area (Å²) in [6.45, 7) is 1.77. The highest BCUT2D eigenvalue weighted by Gasteiger charge is 2.07. The summed E-state index contributed by atoms with van der Waals surface area (Å²) in [5.41, 5.74) is -0.377. The molecule has 0 fully saturated rings. The van der Waals surface area contributed by atoms with Gasteiger partial charge in [-0.15, -0.1) is 0 Å². The minimum atomic E-state index is -2.48. The molecule has 0 aliphatic rings. The van der Waals surface area contributed by atoms with Crippen molar-refractivity contribution in [3.8, 4) is 0 Å². The van der Waals surface area contributed by atoms with Gasteiger partial charge in [0.25, 0.3) is 6.43 Å². The molecule has 0 aliphatic heterocycles. The molecular weight excluding hydrogens is 166 g/mol. The molecule has 0 N–H and O–H groups in total. The Balaban J connectivity index is 2.88. The van der Waals surface area contributed by atoms with Crippen LogP contribution in [-0.4, -0.2) is 15.6 Å². The highest BCUT2D eigenvalue weighted by atomic mass is 19.3. The van der Waals surface area contributed by atoms with E-state index in [1.54, 1.807) is 6.92 Å². The molecule has 1 rings (SSSR count). The van der Waals surface area contributed by atoms with Crippen molar-refractivity contribution in [1.82, 2.24) is 9.13 Å². The van der Waals surface area contributed by atoms with Gasteiger partial charge in [0, 0.05) is 18.9 Å². The van der Waals surface area contributed by atoms with Gasteiger partial charge in [-0.05, 0) is 6.92 Å². The topological polar surface area (TPSA) is 26.9 Å². The summed E-state index contributed by atoms with van der Waals surface area (Å²) in [5.74, 6) is 0. The maximum Gasteiger partial charge on any atom is 0.328 e. The third-order valence-corrected chi connectivity index (χ3v) is 1.59. The van der Waals surface area contributed by atoms with Crippen LogP contribution in [0.2, 0.25) is 0 Å². The second-order valence-corrected chi connectivity index (χ2v) is 2.41. The number of aromatic nitrogens is 2. The van der Waals surface area contributed by atoms with Crippen LogP contribution < -0.4 is 5.69 Å². The zero-order chi connectivity index (χ0) is 9.14. The Morgan fingerprint density at radius 2 is 2.00 bits per heavy atom. The molecule has 1 aromatic rings. The summed E-state index contributed by atoms with van der Waals surface area (Å²) in [6, 6.07) is 0. The van der Waals surface area contributed by atoms with E-state index >= 15 is 0 Å². The number of aryl methyl sites for hydroxylation is 1. The standard InChI is InChI=1S/C7H10F2N2O/c1-2-10-3-4-11(7(10)12)5-6(8)9/h3-4,6H,2,5H2,1H3. The Labute approximate surface area is 68.2 Å². The maximum atomic E-state index is 11.8. The second-order valence-electron chi connectivity index (χ2n) is 2.41. The lowest BCUT2D eigenvalue weighted by Gasteiger charge is -1.98. The van der Waals surface area contributed by atoms with Gasteiger partial charge in [-0.3, -0.25) is 9.13 Å². The minimum absolute atomic E-state index is 0.377. The molecule has 0 spiro atoms. The van der Waals surface area contributed by atoms with Gasteiger partial charge in [0.1, 0.15) is 0 Å². The first kappa shape index (κ1) is 8.96. The van der Waals surface area contributed by atoms with Crippen LogP contribution in [0.25, 0.3) is 0 Å². The van der Waals surface area contributed by atoms with E-state index in [1.807, 2.05) is 0 Å².